The average Bonchev–Trinajstić information content (AvgIpc) is 4.00. The number of hydrogen-bond donors (Lipinski definition) is 0. The Bertz CT molecular complexity index is 3830. The van der Waals surface area contributed by atoms with E-state index < -0.39 is 0 Å². The van der Waals surface area contributed by atoms with Crippen molar-refractivity contribution in [3.8, 4) is 51.0 Å². The normalized spacial score (nSPS) is 13.3. The molecule has 0 aliphatic carbocycles. The Morgan fingerprint density at radius 2 is 1.09 bits per heavy atom. The number of furan rings is 1. The number of thiophene rings is 1. The summed E-state index contributed by atoms with van der Waals surface area (Å²) in [5.41, 5.74) is 6.40. The molecule has 5 nitrogen and oxygen atoms in total. The van der Waals surface area contributed by atoms with Gasteiger partial charge < -0.3 is 8.98 Å². The van der Waals surface area contributed by atoms with Crippen LogP contribution in [0, 0.1) is 0 Å². The summed E-state index contributed by atoms with van der Waals surface area (Å²) in [7, 11) is 0. The van der Waals surface area contributed by atoms with Crippen molar-refractivity contribution in [3.63, 3.8) is 0 Å². The molecular weight excluding hydrogens is 717 g/mol. The fourth-order valence-corrected chi connectivity index (χ4v) is 9.24. The first kappa shape index (κ1) is 26.4. The lowest BCUT2D eigenvalue weighted by Gasteiger charge is -2.17. The second kappa shape index (κ2) is 12.6. The average molecular weight is 753 g/mol. The molecule has 0 amide bonds. The number of benzene rings is 8. The lowest BCUT2D eigenvalue weighted by molar-refractivity contribution is 0.669. The number of fused-ring (bicyclic) bond motifs is 9. The number of para-hydroxylation sites is 3. The van der Waals surface area contributed by atoms with Crippen molar-refractivity contribution in [2.45, 2.75) is 0 Å². The highest BCUT2D eigenvalue weighted by Crippen LogP contribution is 2.44. The van der Waals surface area contributed by atoms with Gasteiger partial charge in [-0.1, -0.05) is 139 Å². The van der Waals surface area contributed by atoms with Crippen LogP contribution in [0.1, 0.15) is 8.22 Å². The molecule has 0 aliphatic rings. The number of aromatic nitrogens is 4. The quantitative estimate of drug-likeness (QED) is 0.176. The van der Waals surface area contributed by atoms with E-state index in [1.807, 2.05) is 109 Å². The van der Waals surface area contributed by atoms with Gasteiger partial charge in [-0.15, -0.1) is 11.3 Å². The maximum absolute atomic E-state index is 9.32. The number of rotatable bonds is 5. The number of nitrogens with zero attached hydrogens (tertiary/aromatic N) is 4. The highest BCUT2D eigenvalue weighted by Gasteiger charge is 2.21. The summed E-state index contributed by atoms with van der Waals surface area (Å²) in [5, 5.41) is 4.58. The van der Waals surface area contributed by atoms with E-state index in [9.17, 15) is 2.74 Å². The minimum atomic E-state index is -0.177. The molecule has 0 N–H and O–H groups in total. The molecule has 0 fully saturated rings. The van der Waals surface area contributed by atoms with Gasteiger partial charge >= 0.3 is 0 Å². The highest BCUT2D eigenvalue weighted by molar-refractivity contribution is 7.26. The smallest absolute Gasteiger partial charge is 0.164 e. The zero-order chi connectivity index (χ0) is 42.7. The lowest BCUT2D eigenvalue weighted by Crippen LogP contribution is -2.02. The molecule has 266 valence electrons. The van der Waals surface area contributed by atoms with Gasteiger partial charge in [-0.3, -0.25) is 0 Å². The van der Waals surface area contributed by atoms with Crippen LogP contribution in [0.3, 0.4) is 0 Å². The topological polar surface area (TPSA) is 56.7 Å². The van der Waals surface area contributed by atoms with Gasteiger partial charge in [0.2, 0.25) is 0 Å². The van der Waals surface area contributed by atoms with Gasteiger partial charge in [-0.05, 0) is 42.4 Å². The van der Waals surface area contributed by atoms with Crippen LogP contribution in [-0.4, -0.2) is 19.5 Å². The molecule has 12 rings (SSSR count). The second-order valence-corrected chi connectivity index (χ2v) is 14.9. The molecule has 4 aromatic heterocycles. The van der Waals surface area contributed by atoms with E-state index in [0.717, 1.165) is 58.8 Å². The van der Waals surface area contributed by atoms with Crippen molar-refractivity contribution in [1.82, 2.24) is 19.5 Å². The Labute approximate surface area is 339 Å². The van der Waals surface area contributed by atoms with E-state index in [-0.39, 0.29) is 58.1 Å². The fourth-order valence-electron chi connectivity index (χ4n) is 8.01. The van der Waals surface area contributed by atoms with Crippen LogP contribution in [0.4, 0.5) is 0 Å². The van der Waals surface area contributed by atoms with Crippen LogP contribution in [0.5, 0.6) is 0 Å². The molecule has 12 aromatic rings. The van der Waals surface area contributed by atoms with Crippen molar-refractivity contribution in [1.29, 1.82) is 0 Å². The predicted molar refractivity (Wildman–Crippen MR) is 236 cm³/mol. The van der Waals surface area contributed by atoms with Crippen molar-refractivity contribution < 1.29 is 12.6 Å². The van der Waals surface area contributed by atoms with E-state index in [1.165, 1.54) is 12.1 Å². The van der Waals surface area contributed by atoms with Gasteiger partial charge in [0.25, 0.3) is 0 Å². The van der Waals surface area contributed by atoms with E-state index in [2.05, 4.69) is 24.3 Å². The Morgan fingerprint density at radius 1 is 0.456 bits per heavy atom. The SMILES string of the molecule is [2H]c1cc([2H])c2c(c1[2H])c1c([2H])c([2H])cc([2H])c1n2-c1cc(-c2nc(-c3ccccc3)nc(-c3ccc4c(c3)oc3ccccc34)n2)ccc1-c1cccc2c1sc1ccccc12. The molecule has 0 unspecified atom stereocenters. The van der Waals surface area contributed by atoms with Gasteiger partial charge in [0, 0.05) is 69.5 Å². The van der Waals surface area contributed by atoms with E-state index in [1.54, 1.807) is 15.9 Å². The molecule has 0 bridgehead atoms. The van der Waals surface area contributed by atoms with Crippen molar-refractivity contribution in [2.24, 2.45) is 0 Å². The fraction of sp³-hybridized carbons (Fsp3) is 0. The predicted octanol–water partition coefficient (Wildman–Crippen LogP) is 13.9. The molecule has 0 saturated heterocycles. The molecule has 0 radical (unpaired) electrons. The van der Waals surface area contributed by atoms with E-state index >= 15 is 0 Å². The second-order valence-electron chi connectivity index (χ2n) is 13.9. The van der Waals surface area contributed by atoms with Crippen molar-refractivity contribution in [2.75, 3.05) is 0 Å². The summed E-state index contributed by atoms with van der Waals surface area (Å²) in [6.45, 7) is 0. The monoisotopic (exact) mass is 752 g/mol. The van der Waals surface area contributed by atoms with Gasteiger partial charge in [-0.2, -0.15) is 0 Å². The zero-order valence-electron chi connectivity index (χ0n) is 36.0. The minimum Gasteiger partial charge on any atom is -0.456 e. The van der Waals surface area contributed by atoms with Gasteiger partial charge in [0.05, 0.1) is 24.9 Å². The van der Waals surface area contributed by atoms with Crippen LogP contribution in [0.15, 0.2) is 186 Å². The first-order valence-electron chi connectivity index (χ1n) is 21.5. The molecule has 0 spiro atoms. The third-order valence-electron chi connectivity index (χ3n) is 10.6. The summed E-state index contributed by atoms with van der Waals surface area (Å²) < 4.78 is 64.4. The maximum Gasteiger partial charge on any atom is 0.164 e. The maximum atomic E-state index is 9.32. The molecule has 0 aliphatic heterocycles. The Morgan fingerprint density at radius 3 is 1.88 bits per heavy atom. The summed E-state index contributed by atoms with van der Waals surface area (Å²) in [5.74, 6) is 1.27. The van der Waals surface area contributed by atoms with E-state index in [4.69, 9.17) is 24.9 Å². The Hall–Kier alpha value is -7.41. The van der Waals surface area contributed by atoms with E-state index in [0.29, 0.717) is 34.3 Å². The summed E-state index contributed by atoms with van der Waals surface area (Å²) in [6, 6.07) is 45.8. The molecular formula is C51H30N4OS. The molecule has 4 heterocycles. The van der Waals surface area contributed by atoms with Crippen LogP contribution < -0.4 is 0 Å². The highest BCUT2D eigenvalue weighted by atomic mass is 32.1. The van der Waals surface area contributed by atoms with Crippen LogP contribution >= 0.6 is 11.3 Å². The van der Waals surface area contributed by atoms with Crippen LogP contribution in [0.2, 0.25) is 0 Å². The lowest BCUT2D eigenvalue weighted by atomic mass is 9.98. The first-order chi connectivity index (χ1) is 30.7. The third-order valence-corrected chi connectivity index (χ3v) is 11.8. The van der Waals surface area contributed by atoms with Crippen LogP contribution in [0.25, 0.3) is 115 Å². The standard InChI is InChI=1S/C51H30N4OS/c1-2-13-31(14-3-1)49-52-50(54-51(53-49)33-26-28-38-37-17-6-10-23-45(37)56-46(38)30-33)32-25-27-36(40-19-12-20-41-39-18-7-11-24-47(39)57-48(40)41)44(29-32)55-42-21-8-4-15-34(42)35-16-5-9-22-43(35)55/h1-30H/i4D,5D,15D,16D,21D,22D. The largest absolute Gasteiger partial charge is 0.456 e. The number of hydrogen-bond acceptors (Lipinski definition) is 5. The molecule has 0 saturated carbocycles. The molecule has 0 atom stereocenters. The first-order valence-corrected chi connectivity index (χ1v) is 19.3. The minimum absolute atomic E-state index is 0.0428. The summed E-state index contributed by atoms with van der Waals surface area (Å²) in [4.78, 5) is 15.2. The Kier molecular flexibility index (Phi) is 5.82. The third kappa shape index (κ3) is 5.04. The van der Waals surface area contributed by atoms with Crippen LogP contribution in [-0.2, 0) is 0 Å². The molecule has 8 aromatic carbocycles. The summed E-state index contributed by atoms with van der Waals surface area (Å²) >= 11 is 1.68. The van der Waals surface area contributed by atoms with Gasteiger partial charge in [-0.25, -0.2) is 15.0 Å². The van der Waals surface area contributed by atoms with Crippen molar-refractivity contribution >= 4 is 75.3 Å². The van der Waals surface area contributed by atoms with Gasteiger partial charge in [0.1, 0.15) is 11.2 Å². The van der Waals surface area contributed by atoms with Crippen molar-refractivity contribution in [3.05, 3.63) is 182 Å². The molecule has 6 heteroatoms. The zero-order valence-corrected chi connectivity index (χ0v) is 30.8. The Balaban J connectivity index is 1.17. The summed E-state index contributed by atoms with van der Waals surface area (Å²) in [6.07, 6.45) is 0. The van der Waals surface area contributed by atoms with Gasteiger partial charge in [0.15, 0.2) is 17.5 Å². The molecule has 57 heavy (non-hydrogen) atoms.